The summed E-state index contributed by atoms with van der Waals surface area (Å²) in [5.74, 6) is 0.634. The average Bonchev–Trinajstić information content (AvgIpc) is 3.15. The number of unbranched alkanes of at least 4 members (excludes halogenated alkanes) is 2. The van der Waals surface area contributed by atoms with Crippen LogP contribution in [0.3, 0.4) is 0 Å². The zero-order chi connectivity index (χ0) is 14.8. The van der Waals surface area contributed by atoms with Crippen molar-refractivity contribution in [1.82, 2.24) is 4.90 Å². The first-order chi connectivity index (χ1) is 10.2. The van der Waals surface area contributed by atoms with E-state index in [9.17, 15) is 9.59 Å². The lowest BCUT2D eigenvalue weighted by Crippen LogP contribution is -2.34. The third-order valence-electron chi connectivity index (χ3n) is 5.12. The number of nitrogens with zero attached hydrogens (tertiary/aromatic N) is 1. The zero-order valence-electron chi connectivity index (χ0n) is 12.8. The summed E-state index contributed by atoms with van der Waals surface area (Å²) >= 11 is 0. The van der Waals surface area contributed by atoms with Crippen LogP contribution in [-0.4, -0.2) is 36.5 Å². The SMILES string of the molecule is CCCCCOCCCN1C(=O)[C@@H]2[C@H](C1=O)[C@H]1C=C[C@H]2C1. The second-order valence-electron chi connectivity index (χ2n) is 6.50. The number of rotatable bonds is 8. The average molecular weight is 291 g/mol. The van der Waals surface area contributed by atoms with Crippen LogP contribution < -0.4 is 0 Å². The third-order valence-corrected chi connectivity index (χ3v) is 5.12. The van der Waals surface area contributed by atoms with Gasteiger partial charge in [-0.25, -0.2) is 0 Å². The Morgan fingerprint density at radius 1 is 1.05 bits per heavy atom. The second-order valence-corrected chi connectivity index (χ2v) is 6.50. The van der Waals surface area contributed by atoms with Gasteiger partial charge in [-0.2, -0.15) is 0 Å². The molecule has 2 amide bonds. The topological polar surface area (TPSA) is 46.6 Å². The molecule has 1 saturated carbocycles. The number of amides is 2. The first-order valence-corrected chi connectivity index (χ1v) is 8.35. The van der Waals surface area contributed by atoms with Gasteiger partial charge in [-0.1, -0.05) is 31.9 Å². The maximum Gasteiger partial charge on any atom is 0.233 e. The summed E-state index contributed by atoms with van der Waals surface area (Å²) < 4.78 is 5.55. The predicted octanol–water partition coefficient (Wildman–Crippen LogP) is 2.39. The molecule has 0 radical (unpaired) electrons. The van der Waals surface area contributed by atoms with Gasteiger partial charge in [0, 0.05) is 19.8 Å². The Morgan fingerprint density at radius 3 is 2.29 bits per heavy atom. The van der Waals surface area contributed by atoms with E-state index in [0.717, 1.165) is 25.9 Å². The minimum absolute atomic E-state index is 0.0574. The summed E-state index contributed by atoms with van der Waals surface area (Å²) in [6.07, 6.45) is 9.51. The minimum atomic E-state index is -0.0574. The van der Waals surface area contributed by atoms with Crippen molar-refractivity contribution in [2.45, 2.75) is 39.0 Å². The van der Waals surface area contributed by atoms with E-state index >= 15 is 0 Å². The predicted molar refractivity (Wildman–Crippen MR) is 79.4 cm³/mol. The van der Waals surface area contributed by atoms with Crippen molar-refractivity contribution >= 4 is 11.8 Å². The number of likely N-dealkylation sites (tertiary alicyclic amines) is 1. The molecule has 2 bridgehead atoms. The number of imide groups is 1. The zero-order valence-corrected chi connectivity index (χ0v) is 12.8. The third kappa shape index (κ3) is 2.66. The highest BCUT2D eigenvalue weighted by atomic mass is 16.5. The first-order valence-electron chi connectivity index (χ1n) is 8.35. The minimum Gasteiger partial charge on any atom is -0.381 e. The quantitative estimate of drug-likeness (QED) is 0.392. The molecule has 3 rings (SSSR count). The molecule has 1 saturated heterocycles. The lowest BCUT2D eigenvalue weighted by Gasteiger charge is -2.17. The van der Waals surface area contributed by atoms with Gasteiger partial charge in [-0.15, -0.1) is 0 Å². The molecule has 0 aromatic heterocycles. The Kier molecular flexibility index (Phi) is 4.43. The molecule has 3 aliphatic rings. The van der Waals surface area contributed by atoms with Gasteiger partial charge in [-0.05, 0) is 31.1 Å². The maximum atomic E-state index is 12.4. The van der Waals surface area contributed by atoms with Crippen LogP contribution >= 0.6 is 0 Å². The van der Waals surface area contributed by atoms with Gasteiger partial charge in [0.2, 0.25) is 11.8 Å². The fraction of sp³-hybridized carbons (Fsp3) is 0.765. The van der Waals surface area contributed by atoms with Crippen molar-refractivity contribution in [3.05, 3.63) is 12.2 Å². The molecule has 2 aliphatic carbocycles. The fourth-order valence-electron chi connectivity index (χ4n) is 4.07. The molecular weight excluding hydrogens is 266 g/mol. The van der Waals surface area contributed by atoms with E-state index in [0.29, 0.717) is 25.0 Å². The largest absolute Gasteiger partial charge is 0.381 e. The molecule has 2 fully saturated rings. The van der Waals surface area contributed by atoms with Crippen LogP contribution in [0.15, 0.2) is 12.2 Å². The molecule has 21 heavy (non-hydrogen) atoms. The summed E-state index contributed by atoms with van der Waals surface area (Å²) in [5.41, 5.74) is 0. The van der Waals surface area contributed by atoms with Crippen molar-refractivity contribution in [2.24, 2.45) is 23.7 Å². The first kappa shape index (κ1) is 14.8. The van der Waals surface area contributed by atoms with Crippen LogP contribution in [0.1, 0.15) is 39.0 Å². The van der Waals surface area contributed by atoms with Gasteiger partial charge in [-0.3, -0.25) is 14.5 Å². The van der Waals surface area contributed by atoms with E-state index in [1.165, 1.54) is 17.7 Å². The number of hydrogen-bond acceptors (Lipinski definition) is 3. The highest BCUT2D eigenvalue weighted by Crippen LogP contribution is 2.52. The Hall–Kier alpha value is -1.16. The van der Waals surface area contributed by atoms with Crippen LogP contribution in [-0.2, 0) is 14.3 Å². The lowest BCUT2D eigenvalue weighted by molar-refractivity contribution is -0.140. The molecule has 1 heterocycles. The normalized spacial score (nSPS) is 33.3. The van der Waals surface area contributed by atoms with Gasteiger partial charge in [0.15, 0.2) is 0 Å². The maximum absolute atomic E-state index is 12.4. The molecule has 0 spiro atoms. The Labute approximate surface area is 126 Å². The van der Waals surface area contributed by atoms with E-state index in [1.54, 1.807) is 0 Å². The van der Waals surface area contributed by atoms with E-state index in [-0.39, 0.29) is 23.7 Å². The van der Waals surface area contributed by atoms with Crippen molar-refractivity contribution in [3.63, 3.8) is 0 Å². The fourth-order valence-corrected chi connectivity index (χ4v) is 4.07. The number of fused-ring (bicyclic) bond motifs is 5. The standard InChI is InChI=1S/C17H25NO3/c1-2-3-4-9-21-10-5-8-18-16(19)14-12-6-7-13(11-12)15(14)17(18)20/h6-7,12-15H,2-5,8-11H2,1H3/t12-,13-,14-,15+/m0/s1. The van der Waals surface area contributed by atoms with Crippen molar-refractivity contribution < 1.29 is 14.3 Å². The summed E-state index contributed by atoms with van der Waals surface area (Å²) in [6, 6.07) is 0. The number of hydrogen-bond donors (Lipinski definition) is 0. The molecule has 0 N–H and O–H groups in total. The van der Waals surface area contributed by atoms with Gasteiger partial charge in [0.25, 0.3) is 0 Å². The molecule has 116 valence electrons. The number of carbonyl (C=O) groups is 2. The molecule has 0 unspecified atom stereocenters. The van der Waals surface area contributed by atoms with Crippen molar-refractivity contribution in [2.75, 3.05) is 19.8 Å². The second kappa shape index (κ2) is 6.30. The Balaban J connectivity index is 1.43. The highest BCUT2D eigenvalue weighted by molar-refractivity contribution is 6.06. The summed E-state index contributed by atoms with van der Waals surface area (Å²) in [7, 11) is 0. The summed E-state index contributed by atoms with van der Waals surface area (Å²) in [5, 5.41) is 0. The van der Waals surface area contributed by atoms with Crippen LogP contribution in [0.5, 0.6) is 0 Å². The van der Waals surface area contributed by atoms with Crippen molar-refractivity contribution in [3.8, 4) is 0 Å². The van der Waals surface area contributed by atoms with Gasteiger partial charge < -0.3 is 4.74 Å². The van der Waals surface area contributed by atoms with E-state index in [4.69, 9.17) is 4.74 Å². The van der Waals surface area contributed by atoms with Crippen LogP contribution in [0.4, 0.5) is 0 Å². The van der Waals surface area contributed by atoms with Crippen LogP contribution in [0.2, 0.25) is 0 Å². The lowest BCUT2D eigenvalue weighted by atomic mass is 9.85. The molecule has 4 atom stereocenters. The monoisotopic (exact) mass is 291 g/mol. The molecule has 0 aromatic rings. The van der Waals surface area contributed by atoms with Gasteiger partial charge >= 0.3 is 0 Å². The molecular formula is C17H25NO3. The van der Waals surface area contributed by atoms with Crippen LogP contribution in [0, 0.1) is 23.7 Å². The van der Waals surface area contributed by atoms with Gasteiger partial charge in [0.1, 0.15) is 0 Å². The smallest absolute Gasteiger partial charge is 0.233 e. The van der Waals surface area contributed by atoms with Crippen LogP contribution in [0.25, 0.3) is 0 Å². The van der Waals surface area contributed by atoms with E-state index in [1.807, 2.05) is 0 Å². The number of ether oxygens (including phenoxy) is 1. The summed E-state index contributed by atoms with van der Waals surface area (Å²) in [6.45, 7) is 4.12. The Bertz CT molecular complexity index is 415. The Morgan fingerprint density at radius 2 is 1.67 bits per heavy atom. The van der Waals surface area contributed by atoms with E-state index in [2.05, 4.69) is 19.1 Å². The van der Waals surface area contributed by atoms with E-state index < -0.39 is 0 Å². The molecule has 1 aliphatic heterocycles. The molecule has 4 nitrogen and oxygen atoms in total. The summed E-state index contributed by atoms with van der Waals surface area (Å²) in [4.78, 5) is 26.3. The number of allylic oxidation sites excluding steroid dienone is 2. The van der Waals surface area contributed by atoms with Gasteiger partial charge in [0.05, 0.1) is 11.8 Å². The van der Waals surface area contributed by atoms with Crippen molar-refractivity contribution in [1.29, 1.82) is 0 Å². The number of carbonyl (C=O) groups excluding carboxylic acids is 2. The molecule has 0 aromatic carbocycles. The highest BCUT2D eigenvalue weighted by Gasteiger charge is 2.58. The molecule has 4 heteroatoms.